The van der Waals surface area contributed by atoms with Gasteiger partial charge < -0.3 is 15.3 Å². The number of hydrogen-bond donors (Lipinski definition) is 2. The zero-order valence-corrected chi connectivity index (χ0v) is 13.7. The topological polar surface area (TPSA) is 69.6 Å². The normalized spacial score (nSPS) is 16.5. The Labute approximate surface area is 128 Å². The number of nitrogens with zero attached hydrogens (tertiary/aromatic N) is 1. The van der Waals surface area contributed by atoms with Crippen LogP contribution in [0.2, 0.25) is 0 Å². The Bertz CT molecular complexity index is 347. The highest BCUT2D eigenvalue weighted by Gasteiger charge is 2.35. The van der Waals surface area contributed by atoms with Crippen LogP contribution in [0.25, 0.3) is 0 Å². The van der Waals surface area contributed by atoms with Crippen LogP contribution in [-0.4, -0.2) is 42.1 Å². The first-order chi connectivity index (χ1) is 9.95. The summed E-state index contributed by atoms with van der Waals surface area (Å²) in [7, 11) is 1.80. The first kappa shape index (κ1) is 17.8. The molecule has 5 heteroatoms. The quantitative estimate of drug-likeness (QED) is 0.758. The second-order valence-corrected chi connectivity index (χ2v) is 6.34. The maximum Gasteiger partial charge on any atom is 0.317 e. The van der Waals surface area contributed by atoms with Gasteiger partial charge in [-0.3, -0.25) is 4.79 Å². The van der Waals surface area contributed by atoms with Crippen LogP contribution in [-0.2, 0) is 4.79 Å². The van der Waals surface area contributed by atoms with Crippen molar-refractivity contribution >= 4 is 12.0 Å². The van der Waals surface area contributed by atoms with E-state index in [1.807, 2.05) is 13.8 Å². The number of carboxylic acids is 1. The molecule has 0 saturated heterocycles. The molecule has 0 aromatic rings. The van der Waals surface area contributed by atoms with Gasteiger partial charge in [0.15, 0.2) is 0 Å². The Balaban J connectivity index is 2.45. The number of carbonyl (C=O) groups excluding carboxylic acids is 1. The number of aliphatic carboxylic acids is 1. The molecule has 0 heterocycles. The van der Waals surface area contributed by atoms with Crippen LogP contribution in [0.4, 0.5) is 4.79 Å². The van der Waals surface area contributed by atoms with Crippen LogP contribution in [0, 0.1) is 11.3 Å². The Kier molecular flexibility index (Phi) is 6.99. The Morgan fingerprint density at radius 2 is 1.76 bits per heavy atom. The van der Waals surface area contributed by atoms with Crippen LogP contribution in [0.3, 0.4) is 0 Å². The molecule has 0 aromatic heterocycles. The summed E-state index contributed by atoms with van der Waals surface area (Å²) in [5.74, 6) is -0.237. The molecule has 122 valence electrons. The third-order valence-corrected chi connectivity index (χ3v) is 4.99. The molecule has 2 amide bonds. The molecule has 0 radical (unpaired) electrons. The van der Waals surface area contributed by atoms with Crippen molar-refractivity contribution in [1.82, 2.24) is 10.2 Å². The van der Waals surface area contributed by atoms with E-state index in [-0.39, 0.29) is 12.6 Å². The highest BCUT2D eigenvalue weighted by molar-refractivity contribution is 5.78. The molecule has 1 fully saturated rings. The van der Waals surface area contributed by atoms with Crippen molar-refractivity contribution in [1.29, 1.82) is 0 Å². The number of urea groups is 1. The smallest absolute Gasteiger partial charge is 0.317 e. The van der Waals surface area contributed by atoms with Gasteiger partial charge in [-0.25, -0.2) is 4.79 Å². The molecule has 1 saturated carbocycles. The van der Waals surface area contributed by atoms with E-state index in [1.165, 1.54) is 32.1 Å². The van der Waals surface area contributed by atoms with E-state index in [4.69, 9.17) is 0 Å². The summed E-state index contributed by atoms with van der Waals surface area (Å²) in [6, 6.07) is -0.159. The van der Waals surface area contributed by atoms with Crippen LogP contribution in [0.5, 0.6) is 0 Å². The van der Waals surface area contributed by atoms with Crippen molar-refractivity contribution in [2.24, 2.45) is 11.3 Å². The average molecular weight is 298 g/mol. The van der Waals surface area contributed by atoms with Gasteiger partial charge in [-0.2, -0.15) is 0 Å². The van der Waals surface area contributed by atoms with Crippen LogP contribution >= 0.6 is 0 Å². The lowest BCUT2D eigenvalue weighted by Gasteiger charge is -2.30. The average Bonchev–Trinajstić information content (AvgIpc) is 2.49. The molecule has 1 aliphatic carbocycles. The molecule has 1 rings (SSSR count). The lowest BCUT2D eigenvalue weighted by molar-refractivity contribution is -0.149. The zero-order valence-electron chi connectivity index (χ0n) is 13.7. The van der Waals surface area contributed by atoms with E-state index >= 15 is 0 Å². The van der Waals surface area contributed by atoms with Crippen molar-refractivity contribution in [2.45, 2.75) is 58.8 Å². The maximum atomic E-state index is 12.1. The largest absolute Gasteiger partial charge is 0.481 e. The first-order valence-corrected chi connectivity index (χ1v) is 8.17. The number of nitrogens with one attached hydrogen (secondary N) is 1. The highest BCUT2D eigenvalue weighted by atomic mass is 16.4. The van der Waals surface area contributed by atoms with Crippen molar-refractivity contribution < 1.29 is 14.7 Å². The van der Waals surface area contributed by atoms with Gasteiger partial charge in [-0.15, -0.1) is 0 Å². The summed E-state index contributed by atoms with van der Waals surface area (Å²) in [5, 5.41) is 12.2. The molecule has 1 aliphatic rings. The number of carboxylic acid groups (broad SMARTS) is 1. The SMILES string of the molecule is CCC(CC)(CNC(=O)N(C)CC1CCCCC1)C(=O)O. The Hall–Kier alpha value is -1.26. The van der Waals surface area contributed by atoms with Crippen molar-refractivity contribution in [3.8, 4) is 0 Å². The first-order valence-electron chi connectivity index (χ1n) is 8.17. The number of amides is 2. The summed E-state index contributed by atoms with van der Waals surface area (Å²) in [4.78, 5) is 25.3. The molecule has 0 bridgehead atoms. The summed E-state index contributed by atoms with van der Waals surface area (Å²) < 4.78 is 0. The highest BCUT2D eigenvalue weighted by Crippen LogP contribution is 2.26. The number of hydrogen-bond acceptors (Lipinski definition) is 2. The fraction of sp³-hybridized carbons (Fsp3) is 0.875. The van der Waals surface area contributed by atoms with Gasteiger partial charge in [-0.1, -0.05) is 33.1 Å². The molecule has 2 N–H and O–H groups in total. The van der Waals surface area contributed by atoms with E-state index in [0.717, 1.165) is 6.54 Å². The molecule has 0 aliphatic heterocycles. The predicted octanol–water partition coefficient (Wildman–Crippen LogP) is 3.10. The Morgan fingerprint density at radius 3 is 2.24 bits per heavy atom. The minimum absolute atomic E-state index is 0.159. The summed E-state index contributed by atoms with van der Waals surface area (Å²) in [5.41, 5.74) is -0.846. The lowest BCUT2D eigenvalue weighted by atomic mass is 9.82. The van der Waals surface area contributed by atoms with Crippen molar-refractivity contribution in [2.75, 3.05) is 20.1 Å². The third-order valence-electron chi connectivity index (χ3n) is 4.99. The molecule has 0 unspecified atom stereocenters. The van der Waals surface area contributed by atoms with Crippen LogP contribution in [0.1, 0.15) is 58.8 Å². The maximum absolute atomic E-state index is 12.1. The van der Waals surface area contributed by atoms with E-state index in [9.17, 15) is 14.7 Å². The number of carbonyl (C=O) groups is 2. The second-order valence-electron chi connectivity index (χ2n) is 6.34. The lowest BCUT2D eigenvalue weighted by Crippen LogP contribution is -2.47. The molecule has 0 atom stereocenters. The van der Waals surface area contributed by atoms with Gasteiger partial charge >= 0.3 is 12.0 Å². The molecular weight excluding hydrogens is 268 g/mol. The minimum atomic E-state index is -0.846. The molecule has 0 aromatic carbocycles. The van der Waals surface area contributed by atoms with Crippen molar-refractivity contribution in [3.05, 3.63) is 0 Å². The van der Waals surface area contributed by atoms with Gasteiger partial charge in [0.25, 0.3) is 0 Å². The second kappa shape index (κ2) is 8.25. The monoisotopic (exact) mass is 298 g/mol. The predicted molar refractivity (Wildman–Crippen MR) is 83.3 cm³/mol. The molecule has 0 spiro atoms. The van der Waals surface area contributed by atoms with E-state index < -0.39 is 11.4 Å². The van der Waals surface area contributed by atoms with Gasteiger partial charge in [-0.05, 0) is 31.6 Å². The van der Waals surface area contributed by atoms with Gasteiger partial charge in [0.2, 0.25) is 0 Å². The van der Waals surface area contributed by atoms with Crippen LogP contribution in [0.15, 0.2) is 0 Å². The fourth-order valence-electron chi connectivity index (χ4n) is 3.10. The van der Waals surface area contributed by atoms with Gasteiger partial charge in [0, 0.05) is 20.1 Å². The minimum Gasteiger partial charge on any atom is -0.481 e. The summed E-state index contributed by atoms with van der Waals surface area (Å²) in [6.07, 6.45) is 7.25. The number of rotatable bonds is 7. The van der Waals surface area contributed by atoms with E-state index in [1.54, 1.807) is 11.9 Å². The zero-order chi connectivity index (χ0) is 15.9. The third kappa shape index (κ3) is 4.90. The molecular formula is C16H30N2O3. The van der Waals surface area contributed by atoms with Crippen LogP contribution < -0.4 is 5.32 Å². The Morgan fingerprint density at radius 1 is 1.19 bits per heavy atom. The van der Waals surface area contributed by atoms with Gasteiger partial charge in [0.05, 0.1) is 5.41 Å². The van der Waals surface area contributed by atoms with E-state index in [0.29, 0.717) is 18.8 Å². The standard InChI is InChI=1S/C16H30N2O3/c1-4-16(5-2,14(19)20)12-17-15(21)18(3)11-13-9-7-6-8-10-13/h13H,4-12H2,1-3H3,(H,17,21)(H,19,20). The summed E-state index contributed by atoms with van der Waals surface area (Å²) >= 11 is 0. The molecule has 21 heavy (non-hydrogen) atoms. The van der Waals surface area contributed by atoms with E-state index in [2.05, 4.69) is 5.32 Å². The van der Waals surface area contributed by atoms with Gasteiger partial charge in [0.1, 0.15) is 0 Å². The fourth-order valence-corrected chi connectivity index (χ4v) is 3.10. The molecule has 5 nitrogen and oxygen atoms in total. The van der Waals surface area contributed by atoms with Crippen molar-refractivity contribution in [3.63, 3.8) is 0 Å². The summed E-state index contributed by atoms with van der Waals surface area (Å²) in [6.45, 7) is 4.68.